The van der Waals surface area contributed by atoms with Crippen molar-refractivity contribution in [3.63, 3.8) is 0 Å². The second-order valence-electron chi connectivity index (χ2n) is 4.60. The second-order valence-corrected chi connectivity index (χ2v) is 5.45. The number of fused-ring (bicyclic) bond motifs is 1. The predicted octanol–water partition coefficient (Wildman–Crippen LogP) is 3.20. The molecule has 2 aromatic rings. The first-order valence-corrected chi connectivity index (χ1v) is 6.86. The van der Waals surface area contributed by atoms with E-state index in [1.54, 1.807) is 12.1 Å². The lowest BCUT2D eigenvalue weighted by atomic mass is 10.00. The zero-order chi connectivity index (χ0) is 13.4. The van der Waals surface area contributed by atoms with Crippen LogP contribution in [0.3, 0.4) is 0 Å². The monoisotopic (exact) mass is 321 g/mol. The highest BCUT2D eigenvalue weighted by molar-refractivity contribution is 9.10. The van der Waals surface area contributed by atoms with Crippen molar-refractivity contribution >= 4 is 32.8 Å². The van der Waals surface area contributed by atoms with Gasteiger partial charge in [-0.1, -0.05) is 12.1 Å². The van der Waals surface area contributed by atoms with E-state index >= 15 is 0 Å². The Morgan fingerprint density at radius 1 is 1.47 bits per heavy atom. The number of halogens is 1. The van der Waals surface area contributed by atoms with E-state index in [1.165, 1.54) is 0 Å². The van der Waals surface area contributed by atoms with Gasteiger partial charge in [-0.2, -0.15) is 0 Å². The maximum Gasteiger partial charge on any atom is 0.336 e. The number of carbonyl (C=O) groups is 1. The summed E-state index contributed by atoms with van der Waals surface area (Å²) in [6.45, 7) is 1.32. The molecule has 2 heterocycles. The van der Waals surface area contributed by atoms with Crippen LogP contribution >= 0.6 is 15.9 Å². The van der Waals surface area contributed by atoms with Gasteiger partial charge in [0.15, 0.2) is 0 Å². The summed E-state index contributed by atoms with van der Waals surface area (Å²) in [6.07, 6.45) is 0.891. The third-order valence-corrected chi connectivity index (χ3v) is 4.03. The highest BCUT2D eigenvalue weighted by Crippen LogP contribution is 2.30. The molecule has 1 aromatic carbocycles. The first-order chi connectivity index (χ1) is 9.16. The molecule has 0 amide bonds. The van der Waals surface area contributed by atoms with E-state index in [0.29, 0.717) is 29.7 Å². The number of carboxylic acids is 1. The molecule has 1 unspecified atom stereocenters. The van der Waals surface area contributed by atoms with Crippen molar-refractivity contribution in [1.29, 1.82) is 0 Å². The molecule has 0 spiro atoms. The molecule has 0 saturated carbocycles. The van der Waals surface area contributed by atoms with Crippen molar-refractivity contribution in [2.45, 2.75) is 12.3 Å². The standard InChI is InChI=1S/C14H12BrNO3/c15-11-3-1-2-9-10(14(17)18)6-12(16-13(9)11)8-4-5-19-7-8/h1-3,6,8H,4-5,7H2,(H,17,18). The van der Waals surface area contributed by atoms with E-state index in [1.807, 2.05) is 12.1 Å². The van der Waals surface area contributed by atoms with Gasteiger partial charge in [-0.25, -0.2) is 4.79 Å². The Morgan fingerprint density at radius 3 is 3.00 bits per heavy atom. The summed E-state index contributed by atoms with van der Waals surface area (Å²) in [6, 6.07) is 7.15. The fourth-order valence-corrected chi connectivity index (χ4v) is 2.84. The Bertz CT molecular complexity index is 650. The van der Waals surface area contributed by atoms with Crippen molar-refractivity contribution in [3.8, 4) is 0 Å². The summed E-state index contributed by atoms with van der Waals surface area (Å²) in [5.41, 5.74) is 1.80. The predicted molar refractivity (Wildman–Crippen MR) is 74.6 cm³/mol. The number of carboxylic acid groups (broad SMARTS) is 1. The van der Waals surface area contributed by atoms with Gasteiger partial charge >= 0.3 is 5.97 Å². The summed E-state index contributed by atoms with van der Waals surface area (Å²) in [5, 5.41) is 10.0. The summed E-state index contributed by atoms with van der Waals surface area (Å²) >= 11 is 3.44. The van der Waals surface area contributed by atoms with Crippen LogP contribution in [0.25, 0.3) is 10.9 Å². The van der Waals surface area contributed by atoms with Gasteiger partial charge < -0.3 is 9.84 Å². The quantitative estimate of drug-likeness (QED) is 0.922. The van der Waals surface area contributed by atoms with Crippen LogP contribution in [0.4, 0.5) is 0 Å². The smallest absolute Gasteiger partial charge is 0.336 e. The van der Waals surface area contributed by atoms with Crippen LogP contribution in [0, 0.1) is 0 Å². The largest absolute Gasteiger partial charge is 0.478 e. The van der Waals surface area contributed by atoms with Gasteiger partial charge in [0.05, 0.1) is 17.7 Å². The molecule has 19 heavy (non-hydrogen) atoms. The molecule has 1 aromatic heterocycles. The summed E-state index contributed by atoms with van der Waals surface area (Å²) in [7, 11) is 0. The number of hydrogen-bond donors (Lipinski definition) is 1. The van der Waals surface area contributed by atoms with Crippen molar-refractivity contribution in [1.82, 2.24) is 4.98 Å². The number of benzene rings is 1. The van der Waals surface area contributed by atoms with Crippen molar-refractivity contribution < 1.29 is 14.6 Å². The summed E-state index contributed by atoms with van der Waals surface area (Å²) in [4.78, 5) is 16.0. The van der Waals surface area contributed by atoms with Gasteiger partial charge in [0, 0.05) is 28.1 Å². The van der Waals surface area contributed by atoms with Crippen LogP contribution in [-0.4, -0.2) is 29.3 Å². The number of rotatable bonds is 2. The minimum Gasteiger partial charge on any atom is -0.478 e. The Labute approximate surface area is 118 Å². The summed E-state index contributed by atoms with van der Waals surface area (Å²) in [5.74, 6) is -0.736. The van der Waals surface area contributed by atoms with Crippen LogP contribution in [0.15, 0.2) is 28.7 Å². The fourth-order valence-electron chi connectivity index (χ4n) is 2.39. The van der Waals surface area contributed by atoms with Gasteiger partial charge in [-0.05, 0) is 34.5 Å². The third-order valence-electron chi connectivity index (χ3n) is 3.39. The molecule has 98 valence electrons. The number of para-hydroxylation sites is 1. The van der Waals surface area contributed by atoms with Gasteiger partial charge in [-0.15, -0.1) is 0 Å². The zero-order valence-corrected chi connectivity index (χ0v) is 11.7. The van der Waals surface area contributed by atoms with Gasteiger partial charge in [0.2, 0.25) is 0 Å². The third kappa shape index (κ3) is 2.24. The van der Waals surface area contributed by atoms with Crippen molar-refractivity contribution in [2.24, 2.45) is 0 Å². The molecule has 1 fully saturated rings. The van der Waals surface area contributed by atoms with E-state index in [4.69, 9.17) is 4.74 Å². The molecular formula is C14H12BrNO3. The lowest BCUT2D eigenvalue weighted by Gasteiger charge is -2.11. The normalized spacial score (nSPS) is 18.9. The van der Waals surface area contributed by atoms with Crippen molar-refractivity contribution in [2.75, 3.05) is 13.2 Å². The Kier molecular flexibility index (Phi) is 3.24. The molecule has 1 saturated heterocycles. The van der Waals surface area contributed by atoms with Gasteiger partial charge in [0.1, 0.15) is 0 Å². The number of pyridine rings is 1. The molecule has 4 nitrogen and oxygen atoms in total. The van der Waals surface area contributed by atoms with Crippen molar-refractivity contribution in [3.05, 3.63) is 40.0 Å². The van der Waals surface area contributed by atoms with E-state index in [2.05, 4.69) is 20.9 Å². The molecule has 3 rings (SSSR count). The zero-order valence-electron chi connectivity index (χ0n) is 10.1. The molecule has 1 atom stereocenters. The lowest BCUT2D eigenvalue weighted by Crippen LogP contribution is -2.06. The highest BCUT2D eigenvalue weighted by atomic mass is 79.9. The molecule has 1 aliphatic heterocycles. The van der Waals surface area contributed by atoms with Gasteiger partial charge in [-0.3, -0.25) is 4.98 Å². The molecule has 1 N–H and O–H groups in total. The number of aromatic nitrogens is 1. The maximum absolute atomic E-state index is 11.4. The Balaban J connectivity index is 2.25. The molecule has 0 radical (unpaired) electrons. The van der Waals surface area contributed by atoms with E-state index in [0.717, 1.165) is 16.6 Å². The fraction of sp³-hybridized carbons (Fsp3) is 0.286. The SMILES string of the molecule is O=C(O)c1cc(C2CCOC2)nc2c(Br)cccc12. The minimum atomic E-state index is -0.925. The maximum atomic E-state index is 11.4. The molecule has 1 aliphatic rings. The topological polar surface area (TPSA) is 59.4 Å². The van der Waals surface area contributed by atoms with E-state index in [9.17, 15) is 9.90 Å². The first-order valence-electron chi connectivity index (χ1n) is 6.07. The van der Waals surface area contributed by atoms with E-state index in [-0.39, 0.29) is 5.92 Å². The molecular weight excluding hydrogens is 310 g/mol. The van der Waals surface area contributed by atoms with Crippen LogP contribution < -0.4 is 0 Å². The van der Waals surface area contributed by atoms with Crippen LogP contribution in [0.2, 0.25) is 0 Å². The van der Waals surface area contributed by atoms with Crippen LogP contribution in [0.1, 0.15) is 28.4 Å². The molecule has 5 heteroatoms. The highest BCUT2D eigenvalue weighted by Gasteiger charge is 2.22. The number of nitrogens with zero attached hydrogens (tertiary/aromatic N) is 1. The molecule has 0 aliphatic carbocycles. The second kappa shape index (κ2) is 4.90. The Hall–Kier alpha value is -1.46. The lowest BCUT2D eigenvalue weighted by molar-refractivity contribution is 0.0698. The van der Waals surface area contributed by atoms with Gasteiger partial charge in [0.25, 0.3) is 0 Å². The average Bonchev–Trinajstić information content (AvgIpc) is 2.92. The number of ether oxygens (including phenoxy) is 1. The first kappa shape index (κ1) is 12.6. The van der Waals surface area contributed by atoms with Crippen LogP contribution in [0.5, 0.6) is 0 Å². The average molecular weight is 322 g/mol. The summed E-state index contributed by atoms with van der Waals surface area (Å²) < 4.78 is 6.17. The molecule has 0 bridgehead atoms. The number of aromatic carboxylic acids is 1. The van der Waals surface area contributed by atoms with E-state index < -0.39 is 5.97 Å². The Morgan fingerprint density at radius 2 is 2.32 bits per heavy atom. The minimum absolute atomic E-state index is 0.189. The number of hydrogen-bond acceptors (Lipinski definition) is 3. The van der Waals surface area contributed by atoms with Crippen LogP contribution in [-0.2, 0) is 4.74 Å².